The first kappa shape index (κ1) is 30.1. The van der Waals surface area contributed by atoms with Crippen LogP contribution in [-0.4, -0.2) is 11.1 Å². The molecule has 0 unspecified atom stereocenters. The summed E-state index contributed by atoms with van der Waals surface area (Å²) in [5, 5.41) is 1.17. The Bertz CT molecular complexity index is 1790. The maximum atomic E-state index is 13.4. The van der Waals surface area contributed by atoms with E-state index in [1.54, 1.807) is 10.6 Å². The van der Waals surface area contributed by atoms with Crippen molar-refractivity contribution in [2.75, 3.05) is 11.4 Å². The molecule has 0 amide bonds. The molecule has 0 fully saturated rings. The maximum Gasteiger partial charge on any atom is 0.269 e. The van der Waals surface area contributed by atoms with Gasteiger partial charge >= 0.3 is 0 Å². The average Bonchev–Trinajstić information content (AvgIpc) is 3.24. The number of benzene rings is 2. The van der Waals surface area contributed by atoms with Crippen LogP contribution >= 0.6 is 11.3 Å². The van der Waals surface area contributed by atoms with Crippen LogP contribution in [0.1, 0.15) is 25.0 Å². The molecule has 3 heterocycles. The van der Waals surface area contributed by atoms with Crippen molar-refractivity contribution in [2.45, 2.75) is 26.9 Å². The Hall–Kier alpha value is -3.83. The van der Waals surface area contributed by atoms with Gasteiger partial charge in [0, 0.05) is 42.7 Å². The van der Waals surface area contributed by atoms with Crippen molar-refractivity contribution in [1.29, 1.82) is 0 Å². The lowest BCUT2D eigenvalue weighted by Gasteiger charge is -2.26. The van der Waals surface area contributed by atoms with Crippen molar-refractivity contribution in [1.82, 2.24) is 4.57 Å². The first-order valence-electron chi connectivity index (χ1n) is 13.0. The summed E-state index contributed by atoms with van der Waals surface area (Å²) in [6, 6.07) is 18.9. The molecule has 0 saturated heterocycles. The molecule has 41 heavy (non-hydrogen) atoms. The first-order chi connectivity index (χ1) is 19.6. The van der Waals surface area contributed by atoms with E-state index in [1.165, 1.54) is 33.5 Å². The number of hydrogen-bond acceptors (Lipinski definition) is 7. The third-order valence-corrected chi connectivity index (χ3v) is 7.62. The number of hydrogen-bond donors (Lipinski definition) is 0. The lowest BCUT2D eigenvalue weighted by molar-refractivity contribution is -2.00. The molecule has 2 aromatic carbocycles. The zero-order valence-corrected chi connectivity index (χ0v) is 24.3. The molecule has 0 atom stereocenters. The van der Waals surface area contributed by atoms with Crippen LogP contribution in [0.15, 0.2) is 96.6 Å². The third-order valence-electron chi connectivity index (χ3n) is 6.54. The standard InChI is InChI=1S/C31H30N3OS.ClHO4/c1-4-19-34-30(22-24-18-21-33(6-3)28-14-10-8-12-26(24)28)36-29(31(34)35)16-15-23-17-20-32(5-2)27-13-9-7-11-25(23)27;2-1(3,4)5/h4,7-18,20-22H,1,5-6,19H2,2-3H3;(H,2,3,4,5)/q+1;/p-1/b23-15+,29-16?;. The quantitative estimate of drug-likeness (QED) is 0.227. The second-order valence-electron chi connectivity index (χ2n) is 9.01. The zero-order valence-electron chi connectivity index (χ0n) is 22.7. The minimum atomic E-state index is -4.94. The molecule has 0 radical (unpaired) electrons. The van der Waals surface area contributed by atoms with Crippen LogP contribution in [0.2, 0.25) is 0 Å². The number of aryl methyl sites for hydroxylation is 1. The Morgan fingerprint density at radius 2 is 1.71 bits per heavy atom. The highest BCUT2D eigenvalue weighted by Crippen LogP contribution is 2.32. The van der Waals surface area contributed by atoms with E-state index in [-0.39, 0.29) is 5.56 Å². The van der Waals surface area contributed by atoms with Gasteiger partial charge in [0.05, 0.1) is 14.6 Å². The van der Waals surface area contributed by atoms with Crippen LogP contribution in [0.5, 0.6) is 0 Å². The van der Waals surface area contributed by atoms with E-state index in [0.29, 0.717) is 11.1 Å². The van der Waals surface area contributed by atoms with E-state index in [0.717, 1.165) is 28.9 Å². The van der Waals surface area contributed by atoms with Gasteiger partial charge in [-0.25, -0.2) is 18.6 Å². The van der Waals surface area contributed by atoms with Crippen LogP contribution in [-0.2, 0) is 13.1 Å². The number of halogens is 1. The van der Waals surface area contributed by atoms with Crippen molar-refractivity contribution < 1.29 is 33.4 Å². The molecule has 0 N–H and O–H groups in total. The Balaban J connectivity index is 0.000000714. The number of allylic oxidation sites excluding steroid dienone is 4. The van der Waals surface area contributed by atoms with Gasteiger partial charge in [0.2, 0.25) is 5.52 Å². The predicted molar refractivity (Wildman–Crippen MR) is 152 cm³/mol. The molecule has 0 bridgehead atoms. The van der Waals surface area contributed by atoms with Crippen molar-refractivity contribution in [3.63, 3.8) is 0 Å². The SMILES string of the molecule is C=CCn1c(=O)c(=C/C=C2\C=CN(CC)c3ccccc32)s/c1=C/c1cc[n+](CC)c2ccccc12.[O-][Cl+3]([O-])([O-])[O-]. The number of anilines is 1. The Labute approximate surface area is 244 Å². The fraction of sp³-hybridized carbons (Fsp3) is 0.161. The minimum Gasteiger partial charge on any atom is -0.348 e. The summed E-state index contributed by atoms with van der Waals surface area (Å²) in [5.41, 5.74) is 5.75. The largest absolute Gasteiger partial charge is 0.348 e. The molecule has 0 aliphatic carbocycles. The predicted octanol–water partition coefficient (Wildman–Crippen LogP) is -0.153. The molecule has 4 aromatic rings. The summed E-state index contributed by atoms with van der Waals surface area (Å²) in [5.74, 6) is 0. The molecule has 8 nitrogen and oxygen atoms in total. The molecule has 0 saturated carbocycles. The van der Waals surface area contributed by atoms with E-state index < -0.39 is 10.2 Å². The number of nitrogens with zero attached hydrogens (tertiary/aromatic N) is 3. The van der Waals surface area contributed by atoms with E-state index >= 15 is 0 Å². The first-order valence-corrected chi connectivity index (χ1v) is 15.0. The van der Waals surface area contributed by atoms with Gasteiger partial charge in [0.25, 0.3) is 5.56 Å². The molecule has 2 aromatic heterocycles. The van der Waals surface area contributed by atoms with E-state index in [1.807, 2.05) is 6.08 Å². The fourth-order valence-corrected chi connectivity index (χ4v) is 5.71. The Kier molecular flexibility index (Phi) is 9.72. The smallest absolute Gasteiger partial charge is 0.269 e. The fourth-order valence-electron chi connectivity index (χ4n) is 4.70. The molecule has 10 heteroatoms. The Morgan fingerprint density at radius 3 is 2.41 bits per heavy atom. The van der Waals surface area contributed by atoms with E-state index in [4.69, 9.17) is 18.6 Å². The highest BCUT2D eigenvalue weighted by atomic mass is 35.7. The molecule has 1 aliphatic rings. The topological polar surface area (TPSA) is 121 Å². The number of pyridine rings is 1. The van der Waals surface area contributed by atoms with Crippen LogP contribution < -0.4 is 42.9 Å². The lowest BCUT2D eigenvalue weighted by Crippen LogP contribution is -2.68. The molecular formula is C31H30ClN3O5S. The number of rotatable bonds is 6. The normalized spacial score (nSPS) is 14.8. The number of aromatic nitrogens is 2. The van der Waals surface area contributed by atoms with Crippen LogP contribution in [0.25, 0.3) is 28.6 Å². The maximum absolute atomic E-state index is 13.4. The van der Waals surface area contributed by atoms with Crippen molar-refractivity contribution in [3.05, 3.63) is 122 Å². The van der Waals surface area contributed by atoms with Crippen molar-refractivity contribution in [2.24, 2.45) is 0 Å². The second-order valence-corrected chi connectivity index (χ2v) is 10.8. The van der Waals surface area contributed by atoms with Gasteiger partial charge in [-0.2, -0.15) is 4.57 Å². The summed E-state index contributed by atoms with van der Waals surface area (Å²) in [7, 11) is -4.94. The van der Waals surface area contributed by atoms with Gasteiger partial charge in [-0.3, -0.25) is 9.36 Å². The molecule has 0 spiro atoms. The summed E-state index contributed by atoms with van der Waals surface area (Å²) >= 11 is 1.52. The minimum absolute atomic E-state index is 0.00937. The average molecular weight is 592 g/mol. The highest BCUT2D eigenvalue weighted by molar-refractivity contribution is 7.07. The summed E-state index contributed by atoms with van der Waals surface area (Å²) in [4.78, 5) is 15.6. The lowest BCUT2D eigenvalue weighted by atomic mass is 9.99. The summed E-state index contributed by atoms with van der Waals surface area (Å²) in [6.45, 7) is 10.5. The van der Waals surface area contributed by atoms with Crippen LogP contribution in [0.4, 0.5) is 5.69 Å². The number of para-hydroxylation sites is 2. The summed E-state index contributed by atoms with van der Waals surface area (Å²) in [6.07, 6.45) is 14.2. The van der Waals surface area contributed by atoms with Crippen LogP contribution in [0, 0.1) is 10.2 Å². The number of fused-ring (bicyclic) bond motifs is 2. The molecule has 1 aliphatic heterocycles. The van der Waals surface area contributed by atoms with Crippen LogP contribution in [0.3, 0.4) is 0 Å². The van der Waals surface area contributed by atoms with Gasteiger partial charge in [-0.05, 0) is 55.3 Å². The molecular weight excluding hydrogens is 562 g/mol. The summed E-state index contributed by atoms with van der Waals surface area (Å²) < 4.78 is 39.6. The number of thiazole rings is 1. The molecule has 212 valence electrons. The zero-order chi connectivity index (χ0) is 29.6. The Morgan fingerprint density at radius 1 is 1.00 bits per heavy atom. The second kappa shape index (κ2) is 13.2. The van der Waals surface area contributed by atoms with E-state index in [2.05, 4.69) is 115 Å². The highest BCUT2D eigenvalue weighted by Gasteiger charge is 2.14. The third kappa shape index (κ3) is 7.28. The molecule has 5 rings (SSSR count). The van der Waals surface area contributed by atoms with Crippen molar-refractivity contribution in [3.8, 4) is 0 Å². The van der Waals surface area contributed by atoms with E-state index in [9.17, 15) is 4.79 Å². The van der Waals surface area contributed by atoms with Gasteiger partial charge in [0.1, 0.15) is 6.54 Å². The van der Waals surface area contributed by atoms with Crippen molar-refractivity contribution >= 4 is 45.7 Å². The van der Waals surface area contributed by atoms with Gasteiger partial charge < -0.3 is 4.90 Å². The monoisotopic (exact) mass is 591 g/mol. The van der Waals surface area contributed by atoms with Gasteiger partial charge in [-0.15, -0.1) is 28.2 Å². The van der Waals surface area contributed by atoms with Gasteiger partial charge in [-0.1, -0.05) is 42.5 Å². The van der Waals surface area contributed by atoms with Gasteiger partial charge in [0.15, 0.2) is 6.20 Å².